The van der Waals surface area contributed by atoms with Crippen molar-refractivity contribution in [2.75, 3.05) is 0 Å². The lowest BCUT2D eigenvalue weighted by Gasteiger charge is -2.19. The van der Waals surface area contributed by atoms with Crippen molar-refractivity contribution in [1.82, 2.24) is 0 Å². The van der Waals surface area contributed by atoms with Crippen molar-refractivity contribution in [2.45, 2.75) is 38.8 Å². The maximum Gasteiger partial charge on any atom is 0.616 e. The molecule has 0 aromatic rings. The number of hydrogen-bond acceptors (Lipinski definition) is 2. The summed E-state index contributed by atoms with van der Waals surface area (Å²) < 4.78 is 40.1. The summed E-state index contributed by atoms with van der Waals surface area (Å²) in [5.41, 5.74) is -0.704. The first kappa shape index (κ1) is 12.5. The van der Waals surface area contributed by atoms with Crippen LogP contribution in [0.4, 0.5) is 12.3 Å². The average Bonchev–Trinajstić information content (AvgIpc) is 1.78. The number of rotatable bonds is 3. The van der Waals surface area contributed by atoms with Crippen molar-refractivity contribution < 1.29 is 21.9 Å². The first-order chi connectivity index (χ1) is 5.60. The minimum absolute atomic E-state index is 0.549. The molecule has 0 rings (SSSR count). The average molecular weight is 214 g/mol. The Bertz CT molecular complexity index is 183. The van der Waals surface area contributed by atoms with Gasteiger partial charge in [-0.1, -0.05) is 0 Å². The molecule has 0 radical (unpaired) electrons. The van der Waals surface area contributed by atoms with Crippen LogP contribution in [0, 0.1) is 0 Å². The van der Waals surface area contributed by atoms with Gasteiger partial charge in [-0.15, -0.1) is 0 Å². The molecule has 0 N–H and O–H groups in total. The zero-order valence-corrected chi connectivity index (χ0v) is 8.86. The van der Waals surface area contributed by atoms with Gasteiger partial charge in [0.1, 0.15) is 5.60 Å². The van der Waals surface area contributed by atoms with Gasteiger partial charge in [0.2, 0.25) is 0 Å². The van der Waals surface area contributed by atoms with Gasteiger partial charge in [0.05, 0.1) is 6.42 Å². The normalized spacial score (nSPS) is 12.8. The maximum atomic E-state index is 11.8. The summed E-state index contributed by atoms with van der Waals surface area (Å²) in [6, 6.07) is -0.984. The fourth-order valence-corrected chi connectivity index (χ4v) is 1.12. The van der Waals surface area contributed by atoms with Crippen LogP contribution in [0.15, 0.2) is 0 Å². The fourth-order valence-electron chi connectivity index (χ4n) is 0.636. The van der Waals surface area contributed by atoms with E-state index in [0.29, 0.717) is 0 Å². The molecule has 0 saturated heterocycles. The molecule has 13 heavy (non-hydrogen) atoms. The van der Waals surface area contributed by atoms with Gasteiger partial charge in [0, 0.05) is 6.04 Å². The summed E-state index contributed by atoms with van der Waals surface area (Å²) >= 11 is 0. The van der Waals surface area contributed by atoms with Crippen LogP contribution in [0.2, 0.25) is 6.04 Å². The highest BCUT2D eigenvalue weighted by molar-refractivity contribution is 6.58. The molecule has 78 valence electrons. The molecule has 0 spiro atoms. The van der Waals surface area contributed by atoms with Crippen LogP contribution < -0.4 is 0 Å². The molecule has 0 heterocycles. The summed E-state index contributed by atoms with van der Waals surface area (Å²) in [7, 11) is -5.60. The monoisotopic (exact) mass is 214 g/mol. The van der Waals surface area contributed by atoms with Crippen LogP contribution in [0.3, 0.4) is 0 Å². The third kappa shape index (κ3) is 9.39. The van der Waals surface area contributed by atoms with Crippen LogP contribution in [0.25, 0.3) is 0 Å². The lowest BCUT2D eigenvalue weighted by molar-refractivity contribution is -0.154. The lowest BCUT2D eigenvalue weighted by atomic mass is 10.2. The molecule has 0 aliphatic heterocycles. The van der Waals surface area contributed by atoms with Crippen molar-refractivity contribution in [1.29, 1.82) is 0 Å². The molecular formula is C7H13F3O2Si. The smallest absolute Gasteiger partial charge is 0.460 e. The Morgan fingerprint density at radius 1 is 1.31 bits per heavy atom. The van der Waals surface area contributed by atoms with Gasteiger partial charge < -0.3 is 4.74 Å². The number of ether oxygens (including phenoxy) is 1. The molecule has 0 unspecified atom stereocenters. The van der Waals surface area contributed by atoms with Gasteiger partial charge in [0.25, 0.3) is 0 Å². The minimum Gasteiger partial charge on any atom is -0.460 e. The molecule has 0 aliphatic rings. The zero-order valence-electron chi connectivity index (χ0n) is 7.86. The Kier molecular flexibility index (Phi) is 3.96. The third-order valence-electron chi connectivity index (χ3n) is 1.03. The number of carbonyl (C=O) groups is 1. The van der Waals surface area contributed by atoms with Crippen molar-refractivity contribution in [3.05, 3.63) is 0 Å². The van der Waals surface area contributed by atoms with Crippen molar-refractivity contribution in [3.8, 4) is 0 Å². The molecule has 6 heteroatoms. The van der Waals surface area contributed by atoms with Crippen LogP contribution in [-0.2, 0) is 9.53 Å². The SMILES string of the molecule is CC(C)(C)OC(=O)CC[Si](F)(F)F. The van der Waals surface area contributed by atoms with Crippen molar-refractivity contribution >= 4 is 15.0 Å². The Labute approximate surface area is 76.6 Å². The summed E-state index contributed by atoms with van der Waals surface area (Å²) in [6.07, 6.45) is -0.549. The highest BCUT2D eigenvalue weighted by atomic mass is 28.5. The summed E-state index contributed by atoms with van der Waals surface area (Å²) in [4.78, 5) is 10.8. The van der Waals surface area contributed by atoms with Gasteiger partial charge in [-0.25, -0.2) is 12.3 Å². The van der Waals surface area contributed by atoms with Gasteiger partial charge in [0.15, 0.2) is 0 Å². The zero-order chi connectivity index (χ0) is 10.7. The van der Waals surface area contributed by atoms with Crippen LogP contribution in [0.5, 0.6) is 0 Å². The molecule has 0 fully saturated rings. The maximum absolute atomic E-state index is 11.8. The number of hydrogen-bond donors (Lipinski definition) is 0. The second-order valence-corrected chi connectivity index (χ2v) is 5.43. The molecule has 0 atom stereocenters. The Hall–Kier alpha value is -0.523. The van der Waals surface area contributed by atoms with Crippen LogP contribution >= 0.6 is 0 Å². The van der Waals surface area contributed by atoms with E-state index in [0.717, 1.165) is 0 Å². The largest absolute Gasteiger partial charge is 0.616 e. The summed E-state index contributed by atoms with van der Waals surface area (Å²) in [5.74, 6) is -0.780. The predicted molar refractivity (Wildman–Crippen MR) is 44.3 cm³/mol. The highest BCUT2D eigenvalue weighted by Crippen LogP contribution is 2.18. The van der Waals surface area contributed by atoms with Crippen molar-refractivity contribution in [2.24, 2.45) is 0 Å². The van der Waals surface area contributed by atoms with Gasteiger partial charge in [-0.05, 0) is 20.8 Å². The van der Waals surface area contributed by atoms with E-state index in [2.05, 4.69) is 0 Å². The molecule has 0 amide bonds. The first-order valence-corrected chi connectivity index (χ1v) is 5.73. The highest BCUT2D eigenvalue weighted by Gasteiger charge is 2.37. The van der Waals surface area contributed by atoms with Crippen LogP contribution in [-0.4, -0.2) is 20.6 Å². The number of halogens is 3. The quantitative estimate of drug-likeness (QED) is 0.410. The van der Waals surface area contributed by atoms with E-state index < -0.39 is 33.1 Å². The third-order valence-corrected chi connectivity index (χ3v) is 1.85. The second kappa shape index (κ2) is 4.12. The lowest BCUT2D eigenvalue weighted by Crippen LogP contribution is -2.25. The molecule has 0 bridgehead atoms. The van der Waals surface area contributed by atoms with Crippen molar-refractivity contribution in [3.63, 3.8) is 0 Å². The molecule has 0 aliphatic carbocycles. The van der Waals surface area contributed by atoms with E-state index in [1.165, 1.54) is 0 Å². The van der Waals surface area contributed by atoms with E-state index in [1.54, 1.807) is 20.8 Å². The minimum atomic E-state index is -5.60. The Morgan fingerprint density at radius 2 is 1.77 bits per heavy atom. The summed E-state index contributed by atoms with van der Waals surface area (Å²) in [5, 5.41) is 0. The Morgan fingerprint density at radius 3 is 2.08 bits per heavy atom. The molecular weight excluding hydrogens is 201 g/mol. The van der Waals surface area contributed by atoms with E-state index in [4.69, 9.17) is 4.74 Å². The number of carbonyl (C=O) groups excluding carboxylic acids is 1. The molecule has 0 aromatic carbocycles. The molecule has 0 saturated carbocycles. The van der Waals surface area contributed by atoms with Gasteiger partial charge in [-0.2, -0.15) is 0 Å². The van der Waals surface area contributed by atoms with Gasteiger partial charge >= 0.3 is 15.0 Å². The summed E-state index contributed by atoms with van der Waals surface area (Å²) in [6.45, 7) is 4.86. The van der Waals surface area contributed by atoms with E-state index in [-0.39, 0.29) is 0 Å². The molecule has 2 nitrogen and oxygen atoms in total. The van der Waals surface area contributed by atoms with E-state index in [1.807, 2.05) is 0 Å². The van der Waals surface area contributed by atoms with Gasteiger partial charge in [-0.3, -0.25) is 4.79 Å². The number of esters is 1. The Balaban J connectivity index is 3.78. The standard InChI is InChI=1S/C7H13F3O2Si/c1-7(2,3)12-6(11)4-5-13(8,9)10/h4-5H2,1-3H3. The topological polar surface area (TPSA) is 26.3 Å². The van der Waals surface area contributed by atoms with E-state index >= 15 is 0 Å². The molecule has 0 aromatic heterocycles. The van der Waals surface area contributed by atoms with E-state index in [9.17, 15) is 17.1 Å². The van der Waals surface area contributed by atoms with Crippen LogP contribution in [0.1, 0.15) is 27.2 Å². The predicted octanol–water partition coefficient (Wildman–Crippen LogP) is 2.57. The first-order valence-electron chi connectivity index (χ1n) is 3.89. The fraction of sp³-hybridized carbons (Fsp3) is 0.857. The second-order valence-electron chi connectivity index (χ2n) is 3.70.